The summed E-state index contributed by atoms with van der Waals surface area (Å²) >= 11 is 0. The highest BCUT2D eigenvalue weighted by atomic mass is 15.5. The summed E-state index contributed by atoms with van der Waals surface area (Å²) in [5.41, 5.74) is 19.3. The fraction of sp³-hybridized carbons (Fsp3) is 0.360. The standard InChI is InChI=1S/C50H58N8/c1-29-19-39(20-30(2)51-29)55-43-17-15-37(49(9,10)11)27-45(43)57(41-23-33(5)53-34(6)24-41)47(55)48-56(40-21-31(3)52-32(4)22-40)44-18-16-38(50(12,13)14)28-46(44)58(48)42-25-35(7)54-36(8)26-42/h15-28,47-48H,1-14H3. The largest absolute Gasteiger partial charge is 0.314 e. The molecule has 0 saturated carbocycles. The second-order valence-corrected chi connectivity index (χ2v) is 18.6. The lowest BCUT2D eigenvalue weighted by Crippen LogP contribution is -2.58. The third-order valence-corrected chi connectivity index (χ3v) is 11.4. The van der Waals surface area contributed by atoms with Gasteiger partial charge in [0.25, 0.3) is 0 Å². The molecule has 2 unspecified atom stereocenters. The highest BCUT2D eigenvalue weighted by molar-refractivity contribution is 5.95. The molecule has 0 amide bonds. The molecule has 2 atom stereocenters. The van der Waals surface area contributed by atoms with Crippen LogP contribution in [0.5, 0.6) is 0 Å². The van der Waals surface area contributed by atoms with Crippen molar-refractivity contribution in [2.24, 2.45) is 0 Å². The van der Waals surface area contributed by atoms with Gasteiger partial charge in [-0.15, -0.1) is 0 Å². The van der Waals surface area contributed by atoms with Crippen LogP contribution in [-0.2, 0) is 10.8 Å². The zero-order valence-corrected chi connectivity index (χ0v) is 36.8. The average Bonchev–Trinajstić information content (AvgIpc) is 3.61. The number of fused-ring (bicyclic) bond motifs is 2. The van der Waals surface area contributed by atoms with Gasteiger partial charge in [-0.1, -0.05) is 53.7 Å². The Balaban J connectivity index is 1.53. The van der Waals surface area contributed by atoms with E-state index in [9.17, 15) is 0 Å². The van der Waals surface area contributed by atoms with Gasteiger partial charge >= 0.3 is 0 Å². The van der Waals surface area contributed by atoms with E-state index in [1.54, 1.807) is 0 Å². The average molecular weight is 771 g/mol. The van der Waals surface area contributed by atoms with Gasteiger partial charge in [0.05, 0.1) is 22.7 Å². The monoisotopic (exact) mass is 770 g/mol. The van der Waals surface area contributed by atoms with Crippen LogP contribution in [0.4, 0.5) is 45.5 Å². The van der Waals surface area contributed by atoms with E-state index in [1.807, 2.05) is 0 Å². The molecule has 0 saturated heterocycles. The zero-order valence-electron chi connectivity index (χ0n) is 36.8. The lowest BCUT2D eigenvalue weighted by molar-refractivity contribution is 0.548. The Morgan fingerprint density at radius 2 is 0.552 bits per heavy atom. The maximum absolute atomic E-state index is 4.89. The molecule has 0 bridgehead atoms. The molecule has 0 radical (unpaired) electrons. The van der Waals surface area contributed by atoms with Crippen LogP contribution in [0, 0.1) is 55.4 Å². The van der Waals surface area contributed by atoms with Crippen molar-refractivity contribution >= 4 is 45.5 Å². The molecule has 8 rings (SSSR count). The molecule has 0 spiro atoms. The summed E-state index contributed by atoms with van der Waals surface area (Å²) in [6, 6.07) is 32.1. The molecule has 6 aromatic rings. The maximum atomic E-state index is 4.89. The fourth-order valence-electron chi connectivity index (χ4n) is 9.08. The summed E-state index contributed by atoms with van der Waals surface area (Å²) in [5.74, 6) is 0. The molecule has 8 nitrogen and oxygen atoms in total. The van der Waals surface area contributed by atoms with Crippen LogP contribution < -0.4 is 19.6 Å². The van der Waals surface area contributed by atoms with Crippen molar-refractivity contribution in [3.63, 3.8) is 0 Å². The van der Waals surface area contributed by atoms with Crippen LogP contribution in [-0.4, -0.2) is 32.3 Å². The minimum absolute atomic E-state index is 0.0687. The molecule has 2 aromatic carbocycles. The van der Waals surface area contributed by atoms with Crippen molar-refractivity contribution in [2.75, 3.05) is 19.6 Å². The number of benzene rings is 2. The molecule has 58 heavy (non-hydrogen) atoms. The van der Waals surface area contributed by atoms with E-state index in [-0.39, 0.29) is 23.2 Å². The van der Waals surface area contributed by atoms with Gasteiger partial charge in [0, 0.05) is 68.3 Å². The summed E-state index contributed by atoms with van der Waals surface area (Å²) in [4.78, 5) is 29.8. The van der Waals surface area contributed by atoms with Crippen LogP contribution in [0.25, 0.3) is 0 Å². The number of hydrogen-bond donors (Lipinski definition) is 0. The molecule has 2 aliphatic rings. The molecule has 2 aliphatic heterocycles. The van der Waals surface area contributed by atoms with Crippen LogP contribution >= 0.6 is 0 Å². The van der Waals surface area contributed by atoms with Gasteiger partial charge in [-0.05, 0) is 150 Å². The molecule has 4 aromatic heterocycles. The molecule has 0 aliphatic carbocycles. The highest BCUT2D eigenvalue weighted by Crippen LogP contribution is 2.57. The Kier molecular flexibility index (Phi) is 9.41. The van der Waals surface area contributed by atoms with E-state index in [1.165, 1.54) is 11.1 Å². The van der Waals surface area contributed by atoms with Gasteiger partial charge in [0.15, 0.2) is 12.3 Å². The van der Waals surface area contributed by atoms with Crippen LogP contribution in [0.15, 0.2) is 84.9 Å². The van der Waals surface area contributed by atoms with E-state index in [0.717, 1.165) is 91.1 Å². The number of anilines is 8. The van der Waals surface area contributed by atoms with E-state index in [4.69, 9.17) is 19.9 Å². The number of hydrogen-bond acceptors (Lipinski definition) is 8. The first-order valence-electron chi connectivity index (χ1n) is 20.5. The normalized spacial score (nSPS) is 16.7. The molecular weight excluding hydrogens is 713 g/mol. The minimum Gasteiger partial charge on any atom is -0.314 e. The Morgan fingerprint density at radius 3 is 0.776 bits per heavy atom. The van der Waals surface area contributed by atoms with Crippen molar-refractivity contribution in [3.05, 3.63) is 142 Å². The van der Waals surface area contributed by atoms with E-state index in [2.05, 4.69) is 201 Å². The molecule has 8 heteroatoms. The first kappa shape index (κ1) is 39.1. The number of aryl methyl sites for hydroxylation is 8. The van der Waals surface area contributed by atoms with Crippen LogP contribution in [0.2, 0.25) is 0 Å². The lowest BCUT2D eigenvalue weighted by Gasteiger charge is -2.45. The van der Waals surface area contributed by atoms with Crippen LogP contribution in [0.3, 0.4) is 0 Å². The van der Waals surface area contributed by atoms with Gasteiger partial charge in [-0.2, -0.15) is 0 Å². The fourth-order valence-corrected chi connectivity index (χ4v) is 9.08. The Morgan fingerprint density at radius 1 is 0.328 bits per heavy atom. The minimum atomic E-state index is -0.305. The number of rotatable bonds is 5. The van der Waals surface area contributed by atoms with Crippen molar-refractivity contribution in [1.82, 2.24) is 19.9 Å². The second-order valence-electron chi connectivity index (χ2n) is 18.6. The maximum Gasteiger partial charge on any atom is 0.151 e. The van der Waals surface area contributed by atoms with E-state index < -0.39 is 0 Å². The zero-order chi connectivity index (χ0) is 41.6. The van der Waals surface area contributed by atoms with Crippen molar-refractivity contribution in [1.29, 1.82) is 0 Å². The van der Waals surface area contributed by atoms with Crippen molar-refractivity contribution < 1.29 is 0 Å². The van der Waals surface area contributed by atoms with E-state index >= 15 is 0 Å². The summed E-state index contributed by atoms with van der Waals surface area (Å²) in [5, 5.41) is 0. The molecule has 0 fully saturated rings. The molecule has 0 N–H and O–H groups in total. The van der Waals surface area contributed by atoms with Crippen molar-refractivity contribution in [3.8, 4) is 0 Å². The highest BCUT2D eigenvalue weighted by Gasteiger charge is 2.52. The third kappa shape index (κ3) is 6.97. The van der Waals surface area contributed by atoms with Gasteiger partial charge < -0.3 is 19.6 Å². The lowest BCUT2D eigenvalue weighted by atomic mass is 9.86. The summed E-state index contributed by atoms with van der Waals surface area (Å²) < 4.78 is 0. The quantitative estimate of drug-likeness (QED) is 0.172. The molecule has 6 heterocycles. The van der Waals surface area contributed by atoms with Gasteiger partial charge in [-0.3, -0.25) is 19.9 Å². The summed E-state index contributed by atoms with van der Waals surface area (Å²) in [6.07, 6.45) is -0.610. The molecular formula is C50H58N8. The summed E-state index contributed by atoms with van der Waals surface area (Å²) in [7, 11) is 0. The topological polar surface area (TPSA) is 64.5 Å². The third-order valence-electron chi connectivity index (χ3n) is 11.4. The van der Waals surface area contributed by atoms with Crippen LogP contribution in [0.1, 0.15) is 98.2 Å². The first-order valence-corrected chi connectivity index (χ1v) is 20.5. The van der Waals surface area contributed by atoms with Crippen molar-refractivity contribution in [2.45, 2.75) is 120 Å². The smallest absolute Gasteiger partial charge is 0.151 e. The number of pyridine rings is 4. The second kappa shape index (κ2) is 14.0. The Bertz CT molecular complexity index is 2320. The van der Waals surface area contributed by atoms with Gasteiger partial charge in [-0.25, -0.2) is 0 Å². The summed E-state index contributed by atoms with van der Waals surface area (Å²) in [6.45, 7) is 30.6. The van der Waals surface area contributed by atoms with E-state index in [0.29, 0.717) is 0 Å². The van der Waals surface area contributed by atoms with Gasteiger partial charge in [0.1, 0.15) is 0 Å². The number of nitrogens with zero attached hydrogens (tertiary/aromatic N) is 8. The predicted molar refractivity (Wildman–Crippen MR) is 241 cm³/mol. The Labute approximate surface area is 345 Å². The Hall–Kier alpha value is -5.76. The van der Waals surface area contributed by atoms with Gasteiger partial charge in [0.2, 0.25) is 0 Å². The number of aromatic nitrogens is 4. The SMILES string of the molecule is Cc1cc(N2c3ccc(C(C)(C)C)cc3N(c3cc(C)nc(C)c3)C2C2N(c3cc(C)nc(C)c3)c3ccc(C(C)(C)C)cc3N2c2cc(C)nc(C)c2)cc(C)n1. The predicted octanol–water partition coefficient (Wildman–Crippen LogP) is 12.3. The molecule has 298 valence electrons. The first-order chi connectivity index (χ1) is 27.3.